The Hall–Kier alpha value is -2.04. The van der Waals surface area contributed by atoms with Gasteiger partial charge in [-0.1, -0.05) is 30.3 Å². The van der Waals surface area contributed by atoms with E-state index in [0.717, 1.165) is 27.5 Å². The van der Waals surface area contributed by atoms with Gasteiger partial charge in [0.2, 0.25) is 0 Å². The van der Waals surface area contributed by atoms with Gasteiger partial charge < -0.3 is 5.73 Å². The topological polar surface area (TPSA) is 51.8 Å². The highest BCUT2D eigenvalue weighted by atomic mass is 32.1. The van der Waals surface area contributed by atoms with E-state index >= 15 is 0 Å². The van der Waals surface area contributed by atoms with Crippen LogP contribution in [-0.4, -0.2) is 9.97 Å². The first-order valence-corrected chi connectivity index (χ1v) is 6.92. The van der Waals surface area contributed by atoms with Crippen LogP contribution in [0.2, 0.25) is 0 Å². The lowest BCUT2D eigenvalue weighted by Crippen LogP contribution is -1.98. The molecule has 2 N–H and O–H groups in total. The molecule has 0 spiro atoms. The molecule has 1 aromatic carbocycles. The van der Waals surface area contributed by atoms with Gasteiger partial charge in [0, 0.05) is 23.7 Å². The molecule has 0 aliphatic heterocycles. The summed E-state index contributed by atoms with van der Waals surface area (Å²) < 4.78 is 0. The Kier molecular flexibility index (Phi) is 3.35. The van der Waals surface area contributed by atoms with E-state index in [9.17, 15) is 0 Å². The first-order valence-electron chi connectivity index (χ1n) is 6.04. The summed E-state index contributed by atoms with van der Waals surface area (Å²) in [4.78, 5) is 8.98. The Balaban J connectivity index is 2.02. The third kappa shape index (κ3) is 2.41. The van der Waals surface area contributed by atoms with Crippen LogP contribution in [0.25, 0.3) is 22.0 Å². The lowest BCUT2D eigenvalue weighted by atomic mass is 10.1. The molecule has 2 heterocycles. The van der Waals surface area contributed by atoms with Gasteiger partial charge in [0.05, 0.1) is 5.69 Å². The van der Waals surface area contributed by atoms with Gasteiger partial charge >= 0.3 is 0 Å². The second-order valence-electron chi connectivity index (χ2n) is 4.11. The average Bonchev–Trinajstić information content (AvgIpc) is 2.98. The van der Waals surface area contributed by atoms with Crippen molar-refractivity contribution in [3.63, 3.8) is 0 Å². The third-order valence-corrected chi connectivity index (χ3v) is 3.77. The fourth-order valence-electron chi connectivity index (χ4n) is 1.94. The fraction of sp³-hybridized carbons (Fsp3) is 0.0667. The van der Waals surface area contributed by atoms with Gasteiger partial charge in [-0.15, -0.1) is 11.3 Å². The molecular weight excluding hydrogens is 254 g/mol. The van der Waals surface area contributed by atoms with Gasteiger partial charge in [0.15, 0.2) is 0 Å². The van der Waals surface area contributed by atoms with Crippen LogP contribution in [0.3, 0.4) is 0 Å². The smallest absolute Gasteiger partial charge is 0.124 e. The van der Waals surface area contributed by atoms with Gasteiger partial charge in [-0.05, 0) is 17.7 Å². The van der Waals surface area contributed by atoms with Crippen LogP contribution >= 0.6 is 11.3 Å². The summed E-state index contributed by atoms with van der Waals surface area (Å²) >= 11 is 1.62. The van der Waals surface area contributed by atoms with Crippen LogP contribution < -0.4 is 5.73 Å². The van der Waals surface area contributed by atoms with Crippen LogP contribution in [0.1, 0.15) is 5.56 Å². The monoisotopic (exact) mass is 267 g/mol. The van der Waals surface area contributed by atoms with Gasteiger partial charge in [-0.2, -0.15) is 0 Å². The zero-order valence-electron chi connectivity index (χ0n) is 10.3. The van der Waals surface area contributed by atoms with E-state index in [-0.39, 0.29) is 0 Å². The van der Waals surface area contributed by atoms with Crippen LogP contribution in [0.15, 0.2) is 54.0 Å². The molecule has 0 fully saturated rings. The molecule has 0 bridgehead atoms. The summed E-state index contributed by atoms with van der Waals surface area (Å²) in [6, 6.07) is 13.9. The molecule has 2 aromatic heterocycles. The molecule has 94 valence electrons. The number of benzene rings is 1. The summed E-state index contributed by atoms with van der Waals surface area (Å²) in [7, 11) is 0. The molecule has 0 aliphatic rings. The van der Waals surface area contributed by atoms with Crippen molar-refractivity contribution in [2.75, 3.05) is 0 Å². The number of hydrogen-bond acceptors (Lipinski definition) is 4. The summed E-state index contributed by atoms with van der Waals surface area (Å²) in [5.74, 6) is 0. The highest BCUT2D eigenvalue weighted by molar-refractivity contribution is 7.13. The number of hydrogen-bond donors (Lipinski definition) is 1. The lowest BCUT2D eigenvalue weighted by Gasteiger charge is -2.03. The predicted octanol–water partition coefficient (Wildman–Crippen LogP) is 3.33. The summed E-state index contributed by atoms with van der Waals surface area (Å²) in [5, 5.41) is 3.02. The van der Waals surface area contributed by atoms with Crippen molar-refractivity contribution in [1.29, 1.82) is 0 Å². The quantitative estimate of drug-likeness (QED) is 0.792. The van der Waals surface area contributed by atoms with E-state index in [1.54, 1.807) is 17.5 Å². The molecule has 0 saturated heterocycles. The van der Waals surface area contributed by atoms with Gasteiger partial charge in [-0.3, -0.25) is 4.98 Å². The van der Waals surface area contributed by atoms with Crippen molar-refractivity contribution in [3.05, 3.63) is 59.6 Å². The number of nitrogens with zero attached hydrogens (tertiary/aromatic N) is 2. The Morgan fingerprint density at radius 1 is 1.00 bits per heavy atom. The molecule has 4 heteroatoms. The maximum Gasteiger partial charge on any atom is 0.124 e. The van der Waals surface area contributed by atoms with Crippen LogP contribution in [0, 0.1) is 0 Å². The SMILES string of the molecule is NCc1ccccc1-c1nc(-c2ccccn2)cs1. The first kappa shape index (κ1) is 12.0. The maximum atomic E-state index is 5.77. The van der Waals surface area contributed by atoms with Crippen molar-refractivity contribution < 1.29 is 0 Å². The molecule has 0 saturated carbocycles. The number of pyridine rings is 1. The number of aromatic nitrogens is 2. The second-order valence-corrected chi connectivity index (χ2v) is 4.97. The van der Waals surface area contributed by atoms with Crippen molar-refractivity contribution >= 4 is 11.3 Å². The highest BCUT2D eigenvalue weighted by Crippen LogP contribution is 2.29. The minimum absolute atomic E-state index is 0.522. The van der Waals surface area contributed by atoms with Crippen LogP contribution in [0.4, 0.5) is 0 Å². The van der Waals surface area contributed by atoms with E-state index in [0.29, 0.717) is 6.54 Å². The summed E-state index contributed by atoms with van der Waals surface area (Å²) in [5.41, 5.74) is 9.80. The maximum absolute atomic E-state index is 5.77. The minimum Gasteiger partial charge on any atom is -0.326 e. The van der Waals surface area contributed by atoms with Crippen molar-refractivity contribution in [1.82, 2.24) is 9.97 Å². The molecule has 0 aliphatic carbocycles. The van der Waals surface area contributed by atoms with E-state index in [4.69, 9.17) is 5.73 Å². The molecule has 0 unspecified atom stereocenters. The highest BCUT2D eigenvalue weighted by Gasteiger charge is 2.09. The van der Waals surface area contributed by atoms with Gasteiger partial charge in [0.1, 0.15) is 10.7 Å². The van der Waals surface area contributed by atoms with Crippen molar-refractivity contribution in [2.24, 2.45) is 5.73 Å². The third-order valence-electron chi connectivity index (χ3n) is 2.90. The molecule has 0 amide bonds. The van der Waals surface area contributed by atoms with Crippen molar-refractivity contribution in [3.8, 4) is 22.0 Å². The molecule has 3 aromatic rings. The largest absolute Gasteiger partial charge is 0.326 e. The normalized spacial score (nSPS) is 10.6. The van der Waals surface area contributed by atoms with E-state index in [1.165, 1.54) is 0 Å². The first-order chi connectivity index (χ1) is 9.38. The Bertz CT molecular complexity index is 677. The molecular formula is C15H13N3S. The Morgan fingerprint density at radius 2 is 1.84 bits per heavy atom. The average molecular weight is 267 g/mol. The summed E-state index contributed by atoms with van der Waals surface area (Å²) in [6.45, 7) is 0.522. The van der Waals surface area contributed by atoms with Crippen molar-refractivity contribution in [2.45, 2.75) is 6.54 Å². The number of thiazole rings is 1. The van der Waals surface area contributed by atoms with E-state index in [1.807, 2.05) is 41.8 Å². The van der Waals surface area contributed by atoms with Gasteiger partial charge in [0.25, 0.3) is 0 Å². The zero-order valence-corrected chi connectivity index (χ0v) is 11.1. The van der Waals surface area contributed by atoms with E-state index < -0.39 is 0 Å². The Labute approximate surface area is 115 Å². The molecule has 0 atom stereocenters. The number of nitrogens with two attached hydrogens (primary N) is 1. The van der Waals surface area contributed by atoms with E-state index in [2.05, 4.69) is 16.0 Å². The zero-order chi connectivity index (χ0) is 13.1. The molecule has 3 nitrogen and oxygen atoms in total. The predicted molar refractivity (Wildman–Crippen MR) is 78.7 cm³/mol. The second kappa shape index (κ2) is 5.30. The minimum atomic E-state index is 0.522. The molecule has 3 rings (SSSR count). The summed E-state index contributed by atoms with van der Waals surface area (Å²) in [6.07, 6.45) is 1.78. The van der Waals surface area contributed by atoms with Crippen LogP contribution in [-0.2, 0) is 6.54 Å². The van der Waals surface area contributed by atoms with Crippen LogP contribution in [0.5, 0.6) is 0 Å². The fourth-order valence-corrected chi connectivity index (χ4v) is 2.81. The Morgan fingerprint density at radius 3 is 2.63 bits per heavy atom. The van der Waals surface area contributed by atoms with Gasteiger partial charge in [-0.25, -0.2) is 4.98 Å². The standard InChI is InChI=1S/C15H13N3S/c16-9-11-5-1-2-6-12(11)15-18-14(10-19-15)13-7-3-4-8-17-13/h1-8,10H,9,16H2. The molecule has 0 radical (unpaired) electrons. The lowest BCUT2D eigenvalue weighted by molar-refractivity contribution is 1.07. The number of rotatable bonds is 3. The molecule has 19 heavy (non-hydrogen) atoms.